The Kier molecular flexibility index (Phi) is 5.38. The van der Waals surface area contributed by atoms with Gasteiger partial charge in [-0.3, -0.25) is 9.78 Å². The summed E-state index contributed by atoms with van der Waals surface area (Å²) in [6.07, 6.45) is 3.52. The van der Waals surface area contributed by atoms with Crippen LogP contribution in [0.25, 0.3) is 0 Å². The molecule has 0 N–H and O–H groups in total. The van der Waals surface area contributed by atoms with Gasteiger partial charge in [0.05, 0.1) is 31.8 Å². The number of piperazine rings is 1. The molecule has 0 aliphatic carbocycles. The van der Waals surface area contributed by atoms with Gasteiger partial charge in [0.15, 0.2) is 0 Å². The van der Waals surface area contributed by atoms with E-state index in [0.717, 1.165) is 30.3 Å². The maximum absolute atomic E-state index is 12.6. The number of hydrogen-bond acceptors (Lipinski definition) is 5. The number of aromatic nitrogens is 1. The summed E-state index contributed by atoms with van der Waals surface area (Å²) in [5.41, 5.74) is 1.72. The van der Waals surface area contributed by atoms with E-state index in [1.165, 1.54) is 0 Å². The third-order valence-corrected chi connectivity index (χ3v) is 4.28. The van der Waals surface area contributed by atoms with E-state index in [1.807, 2.05) is 48.4 Å². The number of methoxy groups -OCH3 is 1. The van der Waals surface area contributed by atoms with Crippen molar-refractivity contribution in [1.82, 2.24) is 9.88 Å². The van der Waals surface area contributed by atoms with E-state index < -0.39 is 0 Å². The van der Waals surface area contributed by atoms with Gasteiger partial charge in [-0.05, 0) is 31.2 Å². The summed E-state index contributed by atoms with van der Waals surface area (Å²) >= 11 is 0. The normalized spacial score (nSPS) is 14.3. The van der Waals surface area contributed by atoms with Crippen LogP contribution in [0.3, 0.4) is 0 Å². The van der Waals surface area contributed by atoms with Crippen molar-refractivity contribution < 1.29 is 14.3 Å². The molecule has 1 aromatic heterocycles. The molecule has 1 saturated heterocycles. The molecule has 0 bridgehead atoms. The monoisotopic (exact) mass is 341 g/mol. The van der Waals surface area contributed by atoms with E-state index in [0.29, 0.717) is 25.3 Å². The molecule has 132 valence electrons. The molecule has 1 aromatic carbocycles. The summed E-state index contributed by atoms with van der Waals surface area (Å²) < 4.78 is 10.6. The Labute approximate surface area is 148 Å². The Bertz CT molecular complexity index is 710. The molecule has 1 amide bonds. The van der Waals surface area contributed by atoms with Gasteiger partial charge in [0, 0.05) is 37.8 Å². The highest BCUT2D eigenvalue weighted by molar-refractivity contribution is 5.94. The predicted molar refractivity (Wildman–Crippen MR) is 96.5 cm³/mol. The molecule has 2 heterocycles. The second-order valence-corrected chi connectivity index (χ2v) is 5.82. The first-order chi connectivity index (χ1) is 12.2. The van der Waals surface area contributed by atoms with Gasteiger partial charge in [0.25, 0.3) is 5.91 Å². The van der Waals surface area contributed by atoms with Crippen LogP contribution in [-0.4, -0.2) is 55.7 Å². The van der Waals surface area contributed by atoms with Crippen molar-refractivity contribution >= 4 is 11.6 Å². The van der Waals surface area contributed by atoms with Gasteiger partial charge in [0.2, 0.25) is 0 Å². The van der Waals surface area contributed by atoms with Crippen molar-refractivity contribution in [3.8, 4) is 11.5 Å². The lowest BCUT2D eigenvalue weighted by atomic mass is 10.1. The molecule has 0 spiro atoms. The van der Waals surface area contributed by atoms with Crippen molar-refractivity contribution in [3.05, 3.63) is 48.3 Å². The minimum absolute atomic E-state index is 0.0615. The number of hydrogen-bond donors (Lipinski definition) is 0. The van der Waals surface area contributed by atoms with Crippen LogP contribution in [0, 0.1) is 0 Å². The zero-order valence-electron chi connectivity index (χ0n) is 14.6. The molecule has 6 heteroatoms. The smallest absolute Gasteiger partial charge is 0.253 e. The van der Waals surface area contributed by atoms with E-state index in [4.69, 9.17) is 9.47 Å². The first-order valence-electron chi connectivity index (χ1n) is 8.47. The number of anilines is 1. The average Bonchev–Trinajstić information content (AvgIpc) is 2.68. The van der Waals surface area contributed by atoms with E-state index >= 15 is 0 Å². The van der Waals surface area contributed by atoms with Crippen LogP contribution in [0.15, 0.2) is 42.7 Å². The van der Waals surface area contributed by atoms with Crippen LogP contribution < -0.4 is 14.4 Å². The molecular formula is C19H23N3O3. The van der Waals surface area contributed by atoms with E-state index in [9.17, 15) is 4.79 Å². The zero-order valence-corrected chi connectivity index (χ0v) is 14.6. The fourth-order valence-corrected chi connectivity index (χ4v) is 2.90. The number of nitrogens with zero attached hydrogens (tertiary/aromatic N) is 3. The van der Waals surface area contributed by atoms with Crippen LogP contribution in [0.4, 0.5) is 5.69 Å². The van der Waals surface area contributed by atoms with Gasteiger partial charge in [-0.15, -0.1) is 0 Å². The Hall–Kier alpha value is -2.76. The minimum Gasteiger partial charge on any atom is -0.495 e. The summed E-state index contributed by atoms with van der Waals surface area (Å²) in [5, 5.41) is 0. The highest BCUT2D eigenvalue weighted by Crippen LogP contribution is 2.21. The van der Waals surface area contributed by atoms with E-state index in [2.05, 4.69) is 9.88 Å². The molecule has 1 fully saturated rings. The first-order valence-corrected chi connectivity index (χ1v) is 8.47. The summed E-state index contributed by atoms with van der Waals surface area (Å²) in [5.74, 6) is 1.59. The van der Waals surface area contributed by atoms with Crippen LogP contribution in [0.5, 0.6) is 11.5 Å². The lowest BCUT2D eigenvalue weighted by molar-refractivity contribution is 0.0746. The lowest BCUT2D eigenvalue weighted by Gasteiger charge is -2.36. The third-order valence-electron chi connectivity index (χ3n) is 4.28. The summed E-state index contributed by atoms with van der Waals surface area (Å²) in [6, 6.07) is 9.30. The van der Waals surface area contributed by atoms with Crippen molar-refractivity contribution in [2.24, 2.45) is 0 Å². The average molecular weight is 341 g/mol. The largest absolute Gasteiger partial charge is 0.495 e. The predicted octanol–water partition coefficient (Wildman–Crippen LogP) is 2.45. The van der Waals surface area contributed by atoms with Gasteiger partial charge in [-0.1, -0.05) is 0 Å². The molecule has 0 saturated carbocycles. The van der Waals surface area contributed by atoms with E-state index in [1.54, 1.807) is 13.3 Å². The molecular weight excluding hydrogens is 318 g/mol. The molecule has 25 heavy (non-hydrogen) atoms. The van der Waals surface area contributed by atoms with E-state index in [-0.39, 0.29) is 5.91 Å². The fraction of sp³-hybridized carbons (Fsp3) is 0.368. The van der Waals surface area contributed by atoms with Crippen molar-refractivity contribution in [2.75, 3.05) is 44.8 Å². The molecule has 1 aliphatic heterocycles. The molecule has 0 atom stereocenters. The topological polar surface area (TPSA) is 54.9 Å². The van der Waals surface area contributed by atoms with Crippen molar-refractivity contribution in [2.45, 2.75) is 6.92 Å². The number of carbonyl (C=O) groups excluding carboxylic acids is 1. The third kappa shape index (κ3) is 4.02. The number of benzene rings is 1. The maximum Gasteiger partial charge on any atom is 0.253 e. The SMILES string of the molecule is CCOc1ccc(C(=O)N2CCN(c3cncc(OC)c3)CC2)cc1. The van der Waals surface area contributed by atoms with Gasteiger partial charge in [-0.25, -0.2) is 0 Å². The Morgan fingerprint density at radius 3 is 2.44 bits per heavy atom. The Morgan fingerprint density at radius 1 is 1.08 bits per heavy atom. The minimum atomic E-state index is 0.0615. The molecule has 0 unspecified atom stereocenters. The summed E-state index contributed by atoms with van der Waals surface area (Å²) in [4.78, 5) is 21.0. The lowest BCUT2D eigenvalue weighted by Crippen LogP contribution is -2.48. The highest BCUT2D eigenvalue weighted by Gasteiger charge is 2.22. The van der Waals surface area contributed by atoms with Gasteiger partial charge in [-0.2, -0.15) is 0 Å². The maximum atomic E-state index is 12.6. The standard InChI is InChI=1S/C19H23N3O3/c1-3-25-17-6-4-15(5-7-17)19(23)22-10-8-21(9-11-22)16-12-18(24-2)14-20-13-16/h4-7,12-14H,3,8-11H2,1-2H3. The van der Waals surface area contributed by atoms with Crippen LogP contribution in [0.1, 0.15) is 17.3 Å². The van der Waals surface area contributed by atoms with Gasteiger partial charge >= 0.3 is 0 Å². The second-order valence-electron chi connectivity index (χ2n) is 5.82. The Morgan fingerprint density at radius 2 is 1.80 bits per heavy atom. The zero-order chi connectivity index (χ0) is 17.6. The molecule has 2 aromatic rings. The Balaban J connectivity index is 1.60. The summed E-state index contributed by atoms with van der Waals surface area (Å²) in [6.45, 7) is 5.48. The number of ether oxygens (including phenoxy) is 2. The first kappa shape index (κ1) is 17.1. The second kappa shape index (κ2) is 7.88. The number of pyridine rings is 1. The quantitative estimate of drug-likeness (QED) is 0.836. The molecule has 0 radical (unpaired) electrons. The molecule has 6 nitrogen and oxygen atoms in total. The van der Waals surface area contributed by atoms with Gasteiger partial charge < -0.3 is 19.3 Å². The summed E-state index contributed by atoms with van der Waals surface area (Å²) in [7, 11) is 1.63. The number of rotatable bonds is 5. The fourth-order valence-electron chi connectivity index (χ4n) is 2.90. The van der Waals surface area contributed by atoms with Gasteiger partial charge in [0.1, 0.15) is 11.5 Å². The number of amides is 1. The van der Waals surface area contributed by atoms with Crippen LogP contribution >= 0.6 is 0 Å². The number of carbonyl (C=O) groups is 1. The van der Waals surface area contributed by atoms with Crippen molar-refractivity contribution in [1.29, 1.82) is 0 Å². The van der Waals surface area contributed by atoms with Crippen LogP contribution in [-0.2, 0) is 0 Å². The molecule has 1 aliphatic rings. The van der Waals surface area contributed by atoms with Crippen LogP contribution in [0.2, 0.25) is 0 Å². The molecule has 3 rings (SSSR count). The highest BCUT2D eigenvalue weighted by atomic mass is 16.5. The van der Waals surface area contributed by atoms with Crippen molar-refractivity contribution in [3.63, 3.8) is 0 Å².